The minimum atomic E-state index is -3.57. The Kier molecular flexibility index (Phi) is 2.05. The third-order valence-electron chi connectivity index (χ3n) is 1.07. The van der Waals surface area contributed by atoms with Gasteiger partial charge in [-0.3, -0.25) is 4.18 Å². The van der Waals surface area contributed by atoms with Gasteiger partial charge in [0.1, 0.15) is 6.17 Å². The van der Waals surface area contributed by atoms with E-state index < -0.39 is 16.3 Å². The molecule has 0 aliphatic carbocycles. The van der Waals surface area contributed by atoms with Crippen LogP contribution in [0.5, 0.6) is 0 Å². The molecule has 0 aromatic rings. The topological polar surface area (TPSA) is 43.4 Å². The van der Waals surface area contributed by atoms with Gasteiger partial charge in [0.15, 0.2) is 0 Å². The highest BCUT2D eigenvalue weighted by Crippen LogP contribution is 2.09. The molecule has 1 heterocycles. The average Bonchev–Trinajstić information content (AvgIpc) is 1.94. The maximum atomic E-state index is 12.3. The zero-order chi connectivity index (χ0) is 7.61. The van der Waals surface area contributed by atoms with Gasteiger partial charge in [0.05, 0.1) is 12.0 Å². The van der Waals surface area contributed by atoms with E-state index in [0.29, 0.717) is 0 Å². The molecule has 10 heavy (non-hydrogen) atoms. The molecule has 1 aliphatic rings. The van der Waals surface area contributed by atoms with Crippen LogP contribution in [-0.4, -0.2) is 21.2 Å². The van der Waals surface area contributed by atoms with Crippen LogP contribution in [0.4, 0.5) is 4.39 Å². The molecular formula is C5H7FO3S. The molecule has 0 bridgehead atoms. The first-order valence-corrected chi connectivity index (χ1v) is 4.27. The third kappa shape index (κ3) is 2.07. The second kappa shape index (κ2) is 2.67. The Balaban J connectivity index is 2.73. The lowest BCUT2D eigenvalue weighted by atomic mass is 10.3. The third-order valence-corrected chi connectivity index (χ3v) is 2.06. The molecule has 0 radical (unpaired) electrons. The van der Waals surface area contributed by atoms with Gasteiger partial charge in [0, 0.05) is 0 Å². The predicted molar refractivity (Wildman–Crippen MR) is 33.5 cm³/mol. The van der Waals surface area contributed by atoms with Crippen molar-refractivity contribution in [1.29, 1.82) is 0 Å². The summed E-state index contributed by atoms with van der Waals surface area (Å²) < 4.78 is 37.6. The molecule has 58 valence electrons. The molecule has 0 N–H and O–H groups in total. The van der Waals surface area contributed by atoms with E-state index in [1.807, 2.05) is 0 Å². The zero-order valence-corrected chi connectivity index (χ0v) is 5.97. The average molecular weight is 166 g/mol. The Labute approximate surface area is 58.6 Å². The highest BCUT2D eigenvalue weighted by molar-refractivity contribution is 7.89. The number of halogens is 1. The minimum Gasteiger partial charge on any atom is -0.264 e. The summed E-state index contributed by atoms with van der Waals surface area (Å²) in [6.45, 7) is -0.366. The molecule has 1 rings (SSSR count). The predicted octanol–water partition coefficient (Wildman–Crippen LogP) is 0.588. The quantitative estimate of drug-likeness (QED) is 0.494. The summed E-state index contributed by atoms with van der Waals surface area (Å²) in [5.41, 5.74) is 0. The number of rotatable bonds is 0. The SMILES string of the molecule is O=S1(=O)C=CCC(F)CO1. The van der Waals surface area contributed by atoms with E-state index in [1.54, 1.807) is 0 Å². The lowest BCUT2D eigenvalue weighted by molar-refractivity contribution is 0.208. The van der Waals surface area contributed by atoms with Gasteiger partial charge in [-0.25, -0.2) is 4.39 Å². The van der Waals surface area contributed by atoms with Crippen LogP contribution >= 0.6 is 0 Å². The number of allylic oxidation sites excluding steroid dienone is 1. The van der Waals surface area contributed by atoms with Gasteiger partial charge in [0.2, 0.25) is 0 Å². The van der Waals surface area contributed by atoms with Gasteiger partial charge in [-0.1, -0.05) is 6.08 Å². The van der Waals surface area contributed by atoms with Crippen LogP contribution in [0.2, 0.25) is 0 Å². The van der Waals surface area contributed by atoms with Crippen molar-refractivity contribution < 1.29 is 17.0 Å². The van der Waals surface area contributed by atoms with Crippen LogP contribution in [-0.2, 0) is 14.3 Å². The lowest BCUT2D eigenvalue weighted by Crippen LogP contribution is -2.09. The van der Waals surface area contributed by atoms with Gasteiger partial charge in [-0.05, 0) is 6.42 Å². The van der Waals surface area contributed by atoms with E-state index >= 15 is 0 Å². The Morgan fingerprint density at radius 2 is 2.30 bits per heavy atom. The van der Waals surface area contributed by atoms with Crippen molar-refractivity contribution in [2.24, 2.45) is 0 Å². The molecule has 0 amide bonds. The first-order valence-electron chi connectivity index (χ1n) is 2.80. The van der Waals surface area contributed by atoms with Crippen LogP contribution in [0.25, 0.3) is 0 Å². The smallest absolute Gasteiger partial charge is 0.264 e. The molecule has 0 saturated carbocycles. The van der Waals surface area contributed by atoms with Gasteiger partial charge in [-0.15, -0.1) is 0 Å². The Hall–Kier alpha value is -0.420. The van der Waals surface area contributed by atoms with E-state index in [1.165, 1.54) is 6.08 Å². The van der Waals surface area contributed by atoms with Crippen LogP contribution in [0, 0.1) is 0 Å². The molecule has 0 aromatic carbocycles. The fraction of sp³-hybridized carbons (Fsp3) is 0.600. The van der Waals surface area contributed by atoms with Crippen molar-refractivity contribution >= 4 is 10.1 Å². The van der Waals surface area contributed by atoms with E-state index in [2.05, 4.69) is 4.18 Å². The summed E-state index contributed by atoms with van der Waals surface area (Å²) in [7, 11) is -3.57. The highest BCUT2D eigenvalue weighted by atomic mass is 32.2. The Morgan fingerprint density at radius 3 is 3.00 bits per heavy atom. The lowest BCUT2D eigenvalue weighted by Gasteiger charge is -1.99. The summed E-state index contributed by atoms with van der Waals surface area (Å²) >= 11 is 0. The van der Waals surface area contributed by atoms with E-state index in [9.17, 15) is 12.8 Å². The van der Waals surface area contributed by atoms with E-state index in [-0.39, 0.29) is 13.0 Å². The number of hydrogen-bond acceptors (Lipinski definition) is 3. The van der Waals surface area contributed by atoms with Crippen molar-refractivity contribution in [3.63, 3.8) is 0 Å². The number of hydrogen-bond donors (Lipinski definition) is 0. The van der Waals surface area contributed by atoms with E-state index in [0.717, 1.165) is 5.41 Å². The minimum absolute atomic E-state index is 0.110. The Bertz CT molecular complexity index is 231. The molecule has 3 nitrogen and oxygen atoms in total. The van der Waals surface area contributed by atoms with Crippen molar-refractivity contribution in [3.05, 3.63) is 11.5 Å². The van der Waals surface area contributed by atoms with Gasteiger partial charge in [0.25, 0.3) is 10.1 Å². The largest absolute Gasteiger partial charge is 0.289 e. The second-order valence-corrected chi connectivity index (χ2v) is 3.48. The summed E-state index contributed by atoms with van der Waals surface area (Å²) in [5, 5.41) is 0.882. The standard InChI is InChI=1S/C5H7FO3S/c6-5-2-1-3-10(7,8)9-4-5/h1,3,5H,2,4H2. The monoisotopic (exact) mass is 166 g/mol. The summed E-state index contributed by atoms with van der Waals surface area (Å²) in [4.78, 5) is 0. The fourth-order valence-electron chi connectivity index (χ4n) is 0.597. The fourth-order valence-corrected chi connectivity index (χ4v) is 1.36. The van der Waals surface area contributed by atoms with Crippen LogP contribution in [0.1, 0.15) is 6.42 Å². The van der Waals surface area contributed by atoms with Crippen molar-refractivity contribution in [1.82, 2.24) is 0 Å². The van der Waals surface area contributed by atoms with Crippen LogP contribution in [0.15, 0.2) is 11.5 Å². The van der Waals surface area contributed by atoms with Crippen molar-refractivity contribution in [3.8, 4) is 0 Å². The van der Waals surface area contributed by atoms with Gasteiger partial charge >= 0.3 is 0 Å². The first kappa shape index (κ1) is 7.68. The molecule has 1 atom stereocenters. The molecular weight excluding hydrogens is 159 g/mol. The summed E-state index contributed by atoms with van der Waals surface area (Å²) in [6.07, 6.45) is 0.167. The normalized spacial score (nSPS) is 31.5. The molecule has 0 spiro atoms. The van der Waals surface area contributed by atoms with Crippen LogP contribution in [0.3, 0.4) is 0 Å². The second-order valence-electron chi connectivity index (χ2n) is 1.98. The molecule has 0 aromatic heterocycles. The van der Waals surface area contributed by atoms with Gasteiger partial charge < -0.3 is 0 Å². The maximum absolute atomic E-state index is 12.3. The van der Waals surface area contributed by atoms with Crippen molar-refractivity contribution in [2.45, 2.75) is 12.6 Å². The maximum Gasteiger partial charge on any atom is 0.289 e. The summed E-state index contributed by atoms with van der Waals surface area (Å²) in [6, 6.07) is 0. The molecule has 0 saturated heterocycles. The molecule has 1 unspecified atom stereocenters. The highest BCUT2D eigenvalue weighted by Gasteiger charge is 2.15. The zero-order valence-electron chi connectivity index (χ0n) is 5.16. The molecule has 1 aliphatic heterocycles. The van der Waals surface area contributed by atoms with E-state index in [4.69, 9.17) is 0 Å². The Morgan fingerprint density at radius 1 is 1.60 bits per heavy atom. The van der Waals surface area contributed by atoms with Crippen LogP contribution < -0.4 is 0 Å². The number of alkyl halides is 1. The summed E-state index contributed by atoms with van der Waals surface area (Å²) in [5.74, 6) is 0. The molecule has 5 heteroatoms. The first-order chi connectivity index (χ1) is 4.60. The van der Waals surface area contributed by atoms with Gasteiger partial charge in [-0.2, -0.15) is 8.42 Å². The van der Waals surface area contributed by atoms with Crippen molar-refractivity contribution in [2.75, 3.05) is 6.61 Å². The molecule has 0 fully saturated rings.